The van der Waals surface area contributed by atoms with E-state index in [2.05, 4.69) is 18.9 Å². The first kappa shape index (κ1) is 11.0. The maximum atomic E-state index is 5.62. The molecule has 1 rings (SSSR count). The van der Waals surface area contributed by atoms with Gasteiger partial charge in [0.25, 0.3) is 0 Å². The fraction of sp³-hybridized carbons (Fsp3) is 0.700. The number of aromatic nitrogens is 2. The largest absolute Gasteiger partial charge is 0.382 e. The number of hydrogen-bond donors (Lipinski definition) is 1. The standard InChI is InChI=1S/C10H19N3O/c1-8(2)7-14-5-4-13-6-9(3)10(11)12-13/h6,8H,4-5,7H2,1-3H3,(H2,11,12). The van der Waals surface area contributed by atoms with Gasteiger partial charge in [-0.25, -0.2) is 0 Å². The summed E-state index contributed by atoms with van der Waals surface area (Å²) in [6.45, 7) is 8.49. The lowest BCUT2D eigenvalue weighted by molar-refractivity contribution is 0.101. The molecular formula is C10H19N3O. The van der Waals surface area contributed by atoms with Crippen LogP contribution in [0.25, 0.3) is 0 Å². The number of anilines is 1. The smallest absolute Gasteiger partial charge is 0.148 e. The molecule has 0 amide bonds. The monoisotopic (exact) mass is 197 g/mol. The Kier molecular flexibility index (Phi) is 3.95. The molecule has 0 fully saturated rings. The van der Waals surface area contributed by atoms with Gasteiger partial charge in [-0.05, 0) is 12.8 Å². The summed E-state index contributed by atoms with van der Waals surface area (Å²) in [6, 6.07) is 0. The molecule has 1 aromatic heterocycles. The normalized spacial score (nSPS) is 11.1. The van der Waals surface area contributed by atoms with E-state index in [1.807, 2.05) is 17.8 Å². The van der Waals surface area contributed by atoms with Gasteiger partial charge >= 0.3 is 0 Å². The Morgan fingerprint density at radius 2 is 2.29 bits per heavy atom. The Hall–Kier alpha value is -1.03. The summed E-state index contributed by atoms with van der Waals surface area (Å²) in [5, 5.41) is 4.14. The molecule has 0 aromatic carbocycles. The van der Waals surface area contributed by atoms with Gasteiger partial charge in [0.05, 0.1) is 13.2 Å². The maximum absolute atomic E-state index is 5.62. The first-order valence-electron chi connectivity index (χ1n) is 4.97. The van der Waals surface area contributed by atoms with Crippen LogP contribution in [-0.4, -0.2) is 23.0 Å². The van der Waals surface area contributed by atoms with E-state index in [9.17, 15) is 0 Å². The molecule has 0 saturated carbocycles. The van der Waals surface area contributed by atoms with Crippen molar-refractivity contribution in [1.82, 2.24) is 9.78 Å². The van der Waals surface area contributed by atoms with Crippen LogP contribution in [0.4, 0.5) is 5.82 Å². The van der Waals surface area contributed by atoms with Gasteiger partial charge in [-0.15, -0.1) is 0 Å². The van der Waals surface area contributed by atoms with Crippen LogP contribution in [0.3, 0.4) is 0 Å². The van der Waals surface area contributed by atoms with Gasteiger partial charge in [-0.3, -0.25) is 4.68 Å². The Morgan fingerprint density at radius 1 is 1.57 bits per heavy atom. The van der Waals surface area contributed by atoms with Crippen molar-refractivity contribution < 1.29 is 4.74 Å². The lowest BCUT2D eigenvalue weighted by atomic mass is 10.2. The van der Waals surface area contributed by atoms with Crippen molar-refractivity contribution in [2.45, 2.75) is 27.3 Å². The average molecular weight is 197 g/mol. The van der Waals surface area contributed by atoms with Crippen molar-refractivity contribution >= 4 is 5.82 Å². The van der Waals surface area contributed by atoms with Gasteiger partial charge in [0, 0.05) is 18.4 Å². The van der Waals surface area contributed by atoms with Gasteiger partial charge in [0.15, 0.2) is 0 Å². The van der Waals surface area contributed by atoms with Crippen LogP contribution in [0.5, 0.6) is 0 Å². The van der Waals surface area contributed by atoms with Crippen molar-refractivity contribution in [3.05, 3.63) is 11.8 Å². The lowest BCUT2D eigenvalue weighted by Crippen LogP contribution is -2.10. The Bertz CT molecular complexity index is 261. The number of nitrogens with two attached hydrogens (primary N) is 1. The fourth-order valence-corrected chi connectivity index (χ4v) is 1.13. The van der Waals surface area contributed by atoms with Crippen LogP contribution in [0.15, 0.2) is 6.20 Å². The molecule has 0 radical (unpaired) electrons. The number of rotatable bonds is 5. The maximum Gasteiger partial charge on any atom is 0.148 e. The summed E-state index contributed by atoms with van der Waals surface area (Å²) >= 11 is 0. The summed E-state index contributed by atoms with van der Waals surface area (Å²) in [6.07, 6.45) is 1.94. The van der Waals surface area contributed by atoms with E-state index in [1.54, 1.807) is 0 Å². The molecule has 0 unspecified atom stereocenters. The van der Waals surface area contributed by atoms with Crippen molar-refractivity contribution in [2.24, 2.45) is 5.92 Å². The molecule has 0 saturated heterocycles. The topological polar surface area (TPSA) is 53.1 Å². The highest BCUT2D eigenvalue weighted by atomic mass is 16.5. The summed E-state index contributed by atoms with van der Waals surface area (Å²) < 4.78 is 7.27. The zero-order chi connectivity index (χ0) is 10.6. The first-order chi connectivity index (χ1) is 6.59. The summed E-state index contributed by atoms with van der Waals surface area (Å²) in [5.74, 6) is 1.19. The molecule has 0 aliphatic rings. The molecule has 0 bridgehead atoms. The Morgan fingerprint density at radius 3 is 2.79 bits per heavy atom. The van der Waals surface area contributed by atoms with Crippen LogP contribution in [0.1, 0.15) is 19.4 Å². The second-order valence-electron chi connectivity index (χ2n) is 3.93. The van der Waals surface area contributed by atoms with E-state index in [4.69, 9.17) is 10.5 Å². The van der Waals surface area contributed by atoms with Crippen LogP contribution in [-0.2, 0) is 11.3 Å². The quantitative estimate of drug-likeness (QED) is 0.727. The number of ether oxygens (including phenoxy) is 1. The molecule has 0 aliphatic heterocycles. The third-order valence-corrected chi connectivity index (χ3v) is 1.90. The molecular weight excluding hydrogens is 178 g/mol. The number of hydrogen-bond acceptors (Lipinski definition) is 3. The van der Waals surface area contributed by atoms with Crippen LogP contribution in [0.2, 0.25) is 0 Å². The third kappa shape index (κ3) is 3.38. The molecule has 4 nitrogen and oxygen atoms in total. The second-order valence-corrected chi connectivity index (χ2v) is 3.93. The van der Waals surface area contributed by atoms with E-state index in [-0.39, 0.29) is 0 Å². The average Bonchev–Trinajstić information content (AvgIpc) is 2.40. The summed E-state index contributed by atoms with van der Waals surface area (Å²) in [7, 11) is 0. The molecule has 0 atom stereocenters. The molecule has 2 N–H and O–H groups in total. The summed E-state index contributed by atoms with van der Waals surface area (Å²) in [4.78, 5) is 0. The van der Waals surface area contributed by atoms with Crippen molar-refractivity contribution in [2.75, 3.05) is 18.9 Å². The second kappa shape index (κ2) is 5.00. The minimum Gasteiger partial charge on any atom is -0.382 e. The predicted octanol–water partition coefficient (Wildman–Crippen LogP) is 1.45. The predicted molar refractivity (Wildman–Crippen MR) is 57.0 cm³/mol. The van der Waals surface area contributed by atoms with Gasteiger partial charge < -0.3 is 10.5 Å². The van der Waals surface area contributed by atoms with Gasteiger partial charge in [0.2, 0.25) is 0 Å². The molecule has 1 heterocycles. The third-order valence-electron chi connectivity index (χ3n) is 1.90. The van der Waals surface area contributed by atoms with Crippen molar-refractivity contribution in [3.8, 4) is 0 Å². The van der Waals surface area contributed by atoms with Gasteiger partial charge in [-0.2, -0.15) is 5.10 Å². The molecule has 0 spiro atoms. The Balaban J connectivity index is 2.25. The SMILES string of the molecule is Cc1cn(CCOCC(C)C)nc1N. The zero-order valence-electron chi connectivity index (χ0n) is 9.16. The molecule has 1 aromatic rings. The number of aryl methyl sites for hydroxylation is 1. The van der Waals surface area contributed by atoms with Crippen LogP contribution in [0, 0.1) is 12.8 Å². The molecule has 4 heteroatoms. The summed E-state index contributed by atoms with van der Waals surface area (Å²) in [5.41, 5.74) is 6.64. The van der Waals surface area contributed by atoms with E-state index in [1.165, 1.54) is 0 Å². The van der Waals surface area contributed by atoms with Crippen molar-refractivity contribution in [1.29, 1.82) is 0 Å². The molecule has 14 heavy (non-hydrogen) atoms. The Labute approximate surface area is 85.0 Å². The highest BCUT2D eigenvalue weighted by Crippen LogP contribution is 2.05. The highest BCUT2D eigenvalue weighted by molar-refractivity contribution is 5.35. The minimum atomic E-state index is 0.583. The zero-order valence-corrected chi connectivity index (χ0v) is 9.16. The minimum absolute atomic E-state index is 0.583. The van der Waals surface area contributed by atoms with Gasteiger partial charge in [-0.1, -0.05) is 13.8 Å². The van der Waals surface area contributed by atoms with Crippen molar-refractivity contribution in [3.63, 3.8) is 0 Å². The van der Waals surface area contributed by atoms with E-state index in [0.717, 1.165) is 18.7 Å². The van der Waals surface area contributed by atoms with Crippen LogP contribution >= 0.6 is 0 Å². The molecule has 0 aliphatic carbocycles. The first-order valence-corrected chi connectivity index (χ1v) is 4.97. The van der Waals surface area contributed by atoms with Crippen LogP contribution < -0.4 is 5.73 Å². The van der Waals surface area contributed by atoms with E-state index < -0.39 is 0 Å². The lowest BCUT2D eigenvalue weighted by Gasteiger charge is -2.06. The fourth-order valence-electron chi connectivity index (χ4n) is 1.13. The van der Waals surface area contributed by atoms with E-state index in [0.29, 0.717) is 18.3 Å². The van der Waals surface area contributed by atoms with Gasteiger partial charge in [0.1, 0.15) is 5.82 Å². The van der Waals surface area contributed by atoms with E-state index >= 15 is 0 Å². The highest BCUT2D eigenvalue weighted by Gasteiger charge is 2.00. The molecule has 80 valence electrons. The number of nitrogen functional groups attached to an aromatic ring is 1. The number of nitrogens with zero attached hydrogens (tertiary/aromatic N) is 2.